The number of nitrogens with one attached hydrogen (secondary N) is 1. The molecule has 1 N–H and O–H groups in total. The first kappa shape index (κ1) is 14.4. The number of amides is 2. The van der Waals surface area contributed by atoms with E-state index in [9.17, 15) is 9.59 Å². The number of carbonyl (C=O) groups is 2. The van der Waals surface area contributed by atoms with Gasteiger partial charge in [0, 0.05) is 6.04 Å². The van der Waals surface area contributed by atoms with E-state index in [1.54, 1.807) is 0 Å². The second kappa shape index (κ2) is 5.14. The van der Waals surface area contributed by atoms with E-state index in [4.69, 9.17) is 0 Å². The molecule has 2 amide bonds. The van der Waals surface area contributed by atoms with Gasteiger partial charge in [0.2, 0.25) is 11.8 Å². The van der Waals surface area contributed by atoms with E-state index < -0.39 is 0 Å². The van der Waals surface area contributed by atoms with Crippen LogP contribution in [0.25, 0.3) is 0 Å². The van der Waals surface area contributed by atoms with Gasteiger partial charge in [0.05, 0.1) is 0 Å². The predicted octanol–water partition coefficient (Wildman–Crippen LogP) is 2.08. The summed E-state index contributed by atoms with van der Waals surface area (Å²) in [5.74, 6) is 0.139. The first-order valence-electron chi connectivity index (χ1n) is 7.48. The van der Waals surface area contributed by atoms with Crippen molar-refractivity contribution in [1.82, 2.24) is 10.2 Å². The summed E-state index contributed by atoms with van der Waals surface area (Å²) in [6, 6.07) is -0.383. The third kappa shape index (κ3) is 2.63. The summed E-state index contributed by atoms with van der Waals surface area (Å²) in [5, 5.41) is 2.93. The number of hydrogen-bond acceptors (Lipinski definition) is 2. The molecule has 1 heterocycles. The van der Waals surface area contributed by atoms with Crippen LogP contribution in [0.3, 0.4) is 0 Å². The smallest absolute Gasteiger partial charge is 0.246 e. The minimum Gasteiger partial charge on any atom is -0.342 e. The van der Waals surface area contributed by atoms with Crippen LogP contribution in [-0.2, 0) is 9.59 Å². The lowest BCUT2D eigenvalue weighted by molar-refractivity contribution is -0.155. The Hall–Kier alpha value is -1.06. The van der Waals surface area contributed by atoms with Crippen molar-refractivity contribution < 1.29 is 9.59 Å². The van der Waals surface area contributed by atoms with Crippen molar-refractivity contribution in [2.24, 2.45) is 5.41 Å². The van der Waals surface area contributed by atoms with E-state index in [0.29, 0.717) is 6.42 Å². The first-order valence-corrected chi connectivity index (χ1v) is 7.48. The van der Waals surface area contributed by atoms with Gasteiger partial charge in [-0.1, -0.05) is 40.5 Å². The third-order valence-corrected chi connectivity index (χ3v) is 4.40. The molecule has 0 aromatic heterocycles. The van der Waals surface area contributed by atoms with Crippen molar-refractivity contribution in [3.05, 3.63) is 0 Å². The van der Waals surface area contributed by atoms with Gasteiger partial charge in [-0.15, -0.1) is 0 Å². The van der Waals surface area contributed by atoms with E-state index in [0.717, 1.165) is 12.8 Å². The van der Waals surface area contributed by atoms with Gasteiger partial charge >= 0.3 is 0 Å². The van der Waals surface area contributed by atoms with Gasteiger partial charge < -0.3 is 10.2 Å². The topological polar surface area (TPSA) is 49.4 Å². The van der Waals surface area contributed by atoms with Crippen LogP contribution in [0.1, 0.15) is 59.8 Å². The Balaban J connectivity index is 2.28. The Bertz CT molecular complexity index is 367. The molecule has 1 aliphatic carbocycles. The standard InChI is InChI=1S/C15H26N2O2/c1-5-11-13(18)16-12(15(2,3)4)14(19)17(11)10-8-6-7-9-10/h10-12H,5-9H2,1-4H3,(H,16,18). The fourth-order valence-corrected chi connectivity index (χ4v) is 3.32. The predicted molar refractivity (Wildman–Crippen MR) is 74.6 cm³/mol. The molecule has 4 heteroatoms. The minimum absolute atomic E-state index is 0.0222. The van der Waals surface area contributed by atoms with Crippen LogP contribution in [-0.4, -0.2) is 34.8 Å². The van der Waals surface area contributed by atoms with Crippen molar-refractivity contribution in [2.45, 2.75) is 77.9 Å². The van der Waals surface area contributed by atoms with Crippen LogP contribution in [0.5, 0.6) is 0 Å². The fraction of sp³-hybridized carbons (Fsp3) is 0.867. The van der Waals surface area contributed by atoms with Crippen LogP contribution in [0.4, 0.5) is 0 Å². The largest absolute Gasteiger partial charge is 0.342 e. The molecule has 1 saturated carbocycles. The molecule has 2 atom stereocenters. The van der Waals surface area contributed by atoms with Crippen molar-refractivity contribution >= 4 is 11.8 Å². The average Bonchev–Trinajstić information content (AvgIpc) is 2.82. The molecule has 1 aliphatic heterocycles. The Kier molecular flexibility index (Phi) is 3.88. The van der Waals surface area contributed by atoms with Crippen LogP contribution in [0.2, 0.25) is 0 Å². The normalized spacial score (nSPS) is 29.8. The van der Waals surface area contributed by atoms with Crippen LogP contribution in [0.15, 0.2) is 0 Å². The quantitative estimate of drug-likeness (QED) is 0.832. The maximum Gasteiger partial charge on any atom is 0.246 e. The van der Waals surface area contributed by atoms with E-state index in [-0.39, 0.29) is 35.4 Å². The zero-order valence-corrected chi connectivity index (χ0v) is 12.5. The van der Waals surface area contributed by atoms with Gasteiger partial charge in [0.25, 0.3) is 0 Å². The van der Waals surface area contributed by atoms with Crippen LogP contribution in [0, 0.1) is 5.41 Å². The molecule has 2 aliphatic rings. The SMILES string of the molecule is CCC1C(=O)NC(C(C)(C)C)C(=O)N1C1CCCC1. The lowest BCUT2D eigenvalue weighted by atomic mass is 9.83. The minimum atomic E-state index is -0.386. The van der Waals surface area contributed by atoms with Gasteiger partial charge in [0.1, 0.15) is 12.1 Å². The van der Waals surface area contributed by atoms with E-state index in [1.807, 2.05) is 32.6 Å². The van der Waals surface area contributed by atoms with Crippen molar-refractivity contribution in [1.29, 1.82) is 0 Å². The Labute approximate surface area is 115 Å². The van der Waals surface area contributed by atoms with Crippen LogP contribution >= 0.6 is 0 Å². The molecular weight excluding hydrogens is 240 g/mol. The molecular formula is C15H26N2O2. The molecule has 0 bridgehead atoms. The van der Waals surface area contributed by atoms with E-state index in [1.165, 1.54) is 12.8 Å². The van der Waals surface area contributed by atoms with Crippen molar-refractivity contribution in [3.8, 4) is 0 Å². The summed E-state index contributed by atoms with van der Waals surface area (Å²) in [4.78, 5) is 27.0. The Morgan fingerprint density at radius 1 is 1.21 bits per heavy atom. The number of carbonyl (C=O) groups excluding carboxylic acids is 2. The molecule has 108 valence electrons. The molecule has 4 nitrogen and oxygen atoms in total. The average molecular weight is 266 g/mol. The molecule has 2 fully saturated rings. The van der Waals surface area contributed by atoms with Gasteiger partial charge in [-0.3, -0.25) is 9.59 Å². The Morgan fingerprint density at radius 3 is 2.26 bits per heavy atom. The number of nitrogens with zero attached hydrogens (tertiary/aromatic N) is 1. The lowest BCUT2D eigenvalue weighted by Gasteiger charge is -2.45. The number of piperazine rings is 1. The Morgan fingerprint density at radius 2 is 1.79 bits per heavy atom. The molecule has 1 saturated heterocycles. The number of hydrogen-bond donors (Lipinski definition) is 1. The second-order valence-corrected chi connectivity index (χ2v) is 6.92. The van der Waals surface area contributed by atoms with Gasteiger partial charge in [-0.05, 0) is 24.7 Å². The highest BCUT2D eigenvalue weighted by atomic mass is 16.2. The summed E-state index contributed by atoms with van der Waals surface area (Å²) < 4.78 is 0. The fourth-order valence-electron chi connectivity index (χ4n) is 3.32. The van der Waals surface area contributed by atoms with Gasteiger partial charge in [0.15, 0.2) is 0 Å². The van der Waals surface area contributed by atoms with Crippen LogP contribution < -0.4 is 5.32 Å². The zero-order valence-electron chi connectivity index (χ0n) is 12.5. The first-order chi connectivity index (χ1) is 8.86. The maximum absolute atomic E-state index is 12.8. The highest BCUT2D eigenvalue weighted by molar-refractivity contribution is 5.97. The summed E-state index contributed by atoms with van der Waals surface area (Å²) >= 11 is 0. The highest BCUT2D eigenvalue weighted by Crippen LogP contribution is 2.32. The third-order valence-electron chi connectivity index (χ3n) is 4.40. The molecule has 2 rings (SSSR count). The molecule has 0 spiro atoms. The maximum atomic E-state index is 12.8. The van der Waals surface area contributed by atoms with Gasteiger partial charge in [-0.25, -0.2) is 0 Å². The molecule has 19 heavy (non-hydrogen) atoms. The summed E-state index contributed by atoms with van der Waals surface area (Å²) in [6.07, 6.45) is 5.14. The molecule has 0 aromatic rings. The monoisotopic (exact) mass is 266 g/mol. The summed E-state index contributed by atoms with van der Waals surface area (Å²) in [7, 11) is 0. The van der Waals surface area contributed by atoms with Crippen molar-refractivity contribution in [2.75, 3.05) is 0 Å². The van der Waals surface area contributed by atoms with E-state index >= 15 is 0 Å². The lowest BCUT2D eigenvalue weighted by Crippen LogP contribution is -2.68. The molecule has 0 radical (unpaired) electrons. The van der Waals surface area contributed by atoms with Crippen molar-refractivity contribution in [3.63, 3.8) is 0 Å². The zero-order chi connectivity index (χ0) is 14.2. The molecule has 0 aromatic carbocycles. The highest BCUT2D eigenvalue weighted by Gasteiger charge is 2.47. The van der Waals surface area contributed by atoms with Gasteiger partial charge in [-0.2, -0.15) is 0 Å². The summed E-state index contributed by atoms with van der Waals surface area (Å²) in [6.45, 7) is 8.01. The summed E-state index contributed by atoms with van der Waals surface area (Å²) in [5.41, 5.74) is -0.234. The van der Waals surface area contributed by atoms with E-state index in [2.05, 4.69) is 5.32 Å². The second-order valence-electron chi connectivity index (χ2n) is 6.92. The number of rotatable bonds is 2. The molecule has 2 unspecified atom stereocenters.